The van der Waals surface area contributed by atoms with Gasteiger partial charge in [0.2, 0.25) is 5.91 Å². The molecule has 0 fully saturated rings. The van der Waals surface area contributed by atoms with Crippen molar-refractivity contribution in [3.63, 3.8) is 0 Å². The summed E-state index contributed by atoms with van der Waals surface area (Å²) in [6, 6.07) is 5.47. The lowest BCUT2D eigenvalue weighted by Gasteiger charge is -2.25. The van der Waals surface area contributed by atoms with Gasteiger partial charge in [0.25, 0.3) is 0 Å². The molecule has 0 saturated heterocycles. The van der Waals surface area contributed by atoms with Gasteiger partial charge in [0, 0.05) is 18.7 Å². The first-order valence-corrected chi connectivity index (χ1v) is 6.34. The third-order valence-electron chi connectivity index (χ3n) is 2.88. The van der Waals surface area contributed by atoms with E-state index in [1.807, 2.05) is 12.1 Å². The molecule has 1 aliphatic heterocycles. The van der Waals surface area contributed by atoms with Crippen LogP contribution < -0.4 is 10.1 Å². The number of hydrogen-bond donors (Lipinski definition) is 1. The molecule has 1 aromatic carbocycles. The molecule has 0 saturated carbocycles. The molecule has 1 aromatic rings. The van der Waals surface area contributed by atoms with Crippen molar-refractivity contribution in [1.29, 1.82) is 0 Å². The first kappa shape index (κ1) is 13.4. The SMILES string of the molecule is CCOC(=O)C1CCc2ccc(NC(C)=O)cc2O1. The fraction of sp³-hybridized carbons (Fsp3) is 0.429. The lowest BCUT2D eigenvalue weighted by molar-refractivity contribution is -0.152. The summed E-state index contributed by atoms with van der Waals surface area (Å²) < 4.78 is 10.6. The zero-order valence-corrected chi connectivity index (χ0v) is 11.1. The Bertz CT molecular complexity index is 498. The maximum atomic E-state index is 11.7. The van der Waals surface area contributed by atoms with Crippen LogP contribution in [0.5, 0.6) is 5.75 Å². The average Bonchev–Trinajstić information content (AvgIpc) is 2.37. The molecule has 0 spiro atoms. The van der Waals surface area contributed by atoms with Crippen LogP contribution in [0.3, 0.4) is 0 Å². The van der Waals surface area contributed by atoms with Crippen molar-refractivity contribution in [2.75, 3.05) is 11.9 Å². The van der Waals surface area contributed by atoms with Gasteiger partial charge in [0.1, 0.15) is 5.75 Å². The molecule has 0 bridgehead atoms. The largest absolute Gasteiger partial charge is 0.478 e. The topological polar surface area (TPSA) is 64.6 Å². The Kier molecular flexibility index (Phi) is 4.04. The third kappa shape index (κ3) is 3.24. The minimum Gasteiger partial charge on any atom is -0.478 e. The van der Waals surface area contributed by atoms with E-state index >= 15 is 0 Å². The van der Waals surface area contributed by atoms with Gasteiger partial charge < -0.3 is 14.8 Å². The molecule has 0 aliphatic carbocycles. The zero-order chi connectivity index (χ0) is 13.8. The predicted octanol–water partition coefficient (Wildman–Crippen LogP) is 1.90. The van der Waals surface area contributed by atoms with E-state index < -0.39 is 6.10 Å². The number of hydrogen-bond acceptors (Lipinski definition) is 4. The summed E-state index contributed by atoms with van der Waals surface area (Å²) in [5.74, 6) is 0.159. The molecule has 1 heterocycles. The van der Waals surface area contributed by atoms with Crippen molar-refractivity contribution in [3.05, 3.63) is 23.8 Å². The van der Waals surface area contributed by atoms with Gasteiger partial charge in [-0.15, -0.1) is 0 Å². The molecule has 5 nitrogen and oxygen atoms in total. The van der Waals surface area contributed by atoms with Gasteiger partial charge in [-0.1, -0.05) is 6.07 Å². The third-order valence-corrected chi connectivity index (χ3v) is 2.88. The molecule has 0 aromatic heterocycles. The van der Waals surface area contributed by atoms with Gasteiger partial charge in [-0.2, -0.15) is 0 Å². The summed E-state index contributed by atoms with van der Waals surface area (Å²) in [6.45, 7) is 3.56. The first-order valence-electron chi connectivity index (χ1n) is 6.34. The van der Waals surface area contributed by atoms with Crippen LogP contribution in [-0.2, 0) is 20.7 Å². The number of fused-ring (bicyclic) bond motifs is 1. The van der Waals surface area contributed by atoms with Crippen molar-refractivity contribution in [2.45, 2.75) is 32.8 Å². The van der Waals surface area contributed by atoms with E-state index in [1.54, 1.807) is 13.0 Å². The van der Waals surface area contributed by atoms with Gasteiger partial charge >= 0.3 is 5.97 Å². The van der Waals surface area contributed by atoms with E-state index in [4.69, 9.17) is 9.47 Å². The molecule has 1 aliphatic rings. The summed E-state index contributed by atoms with van der Waals surface area (Å²) in [5.41, 5.74) is 1.70. The van der Waals surface area contributed by atoms with Crippen LogP contribution in [-0.4, -0.2) is 24.6 Å². The molecular weight excluding hydrogens is 246 g/mol. The summed E-state index contributed by atoms with van der Waals surface area (Å²) in [6.07, 6.45) is 0.824. The first-order chi connectivity index (χ1) is 9.10. The Morgan fingerprint density at radius 1 is 1.47 bits per heavy atom. The lowest BCUT2D eigenvalue weighted by Crippen LogP contribution is -2.32. The van der Waals surface area contributed by atoms with E-state index in [-0.39, 0.29) is 11.9 Å². The number of esters is 1. The number of aryl methyl sites for hydroxylation is 1. The normalized spacial score (nSPS) is 17.1. The second-order valence-corrected chi connectivity index (χ2v) is 4.40. The molecule has 1 atom stereocenters. The molecule has 0 radical (unpaired) electrons. The van der Waals surface area contributed by atoms with Crippen LogP contribution in [0, 0.1) is 0 Å². The van der Waals surface area contributed by atoms with Crippen LogP contribution in [0.15, 0.2) is 18.2 Å². The average molecular weight is 263 g/mol. The second kappa shape index (κ2) is 5.73. The summed E-state index contributed by atoms with van der Waals surface area (Å²) in [4.78, 5) is 22.7. The number of carbonyl (C=O) groups is 2. The van der Waals surface area contributed by atoms with E-state index in [2.05, 4.69) is 5.32 Å². The molecule has 1 amide bonds. The minimum atomic E-state index is -0.556. The highest BCUT2D eigenvalue weighted by atomic mass is 16.6. The standard InChI is InChI=1S/C14H17NO4/c1-3-18-14(17)12-7-5-10-4-6-11(15-9(2)16)8-13(10)19-12/h4,6,8,12H,3,5,7H2,1-2H3,(H,15,16). The summed E-state index contributed by atoms with van der Waals surface area (Å²) >= 11 is 0. The van der Waals surface area contributed by atoms with Crippen LogP contribution in [0.4, 0.5) is 5.69 Å². The van der Waals surface area contributed by atoms with Crippen molar-refractivity contribution in [3.8, 4) is 5.75 Å². The number of anilines is 1. The maximum absolute atomic E-state index is 11.7. The summed E-state index contributed by atoms with van der Waals surface area (Å²) in [7, 11) is 0. The van der Waals surface area contributed by atoms with E-state index in [0.717, 1.165) is 12.0 Å². The van der Waals surface area contributed by atoms with Gasteiger partial charge in [-0.3, -0.25) is 4.79 Å². The maximum Gasteiger partial charge on any atom is 0.347 e. The van der Waals surface area contributed by atoms with Crippen molar-refractivity contribution in [1.82, 2.24) is 0 Å². The predicted molar refractivity (Wildman–Crippen MR) is 70.1 cm³/mol. The second-order valence-electron chi connectivity index (χ2n) is 4.40. The van der Waals surface area contributed by atoms with E-state index in [9.17, 15) is 9.59 Å². The Morgan fingerprint density at radius 3 is 2.95 bits per heavy atom. The molecule has 1 unspecified atom stereocenters. The van der Waals surface area contributed by atoms with Crippen molar-refractivity contribution in [2.24, 2.45) is 0 Å². The minimum absolute atomic E-state index is 0.141. The zero-order valence-electron chi connectivity index (χ0n) is 11.1. The van der Waals surface area contributed by atoms with Crippen LogP contribution >= 0.6 is 0 Å². The van der Waals surface area contributed by atoms with Gasteiger partial charge in [0.15, 0.2) is 6.10 Å². The summed E-state index contributed by atoms with van der Waals surface area (Å²) in [5, 5.41) is 2.69. The highest BCUT2D eigenvalue weighted by Gasteiger charge is 2.27. The Hall–Kier alpha value is -2.04. The van der Waals surface area contributed by atoms with Gasteiger partial charge in [-0.05, 0) is 31.4 Å². The Labute approximate surface area is 111 Å². The fourth-order valence-corrected chi connectivity index (χ4v) is 2.05. The quantitative estimate of drug-likeness (QED) is 0.846. The van der Waals surface area contributed by atoms with Crippen LogP contribution in [0.2, 0.25) is 0 Å². The number of benzene rings is 1. The molecule has 19 heavy (non-hydrogen) atoms. The number of nitrogens with one attached hydrogen (secondary N) is 1. The van der Waals surface area contributed by atoms with Crippen molar-refractivity contribution < 1.29 is 19.1 Å². The van der Waals surface area contributed by atoms with Crippen molar-refractivity contribution >= 4 is 17.6 Å². The molecule has 2 rings (SSSR count). The molecule has 1 N–H and O–H groups in total. The number of ether oxygens (including phenoxy) is 2. The highest BCUT2D eigenvalue weighted by Crippen LogP contribution is 2.30. The van der Waals surface area contributed by atoms with Crippen LogP contribution in [0.25, 0.3) is 0 Å². The molecular formula is C14H17NO4. The fourth-order valence-electron chi connectivity index (χ4n) is 2.05. The number of carbonyl (C=O) groups excluding carboxylic acids is 2. The molecule has 102 valence electrons. The van der Waals surface area contributed by atoms with E-state index in [1.165, 1.54) is 6.92 Å². The monoisotopic (exact) mass is 263 g/mol. The Balaban J connectivity index is 2.13. The lowest BCUT2D eigenvalue weighted by atomic mass is 10.0. The highest BCUT2D eigenvalue weighted by molar-refractivity contribution is 5.89. The Morgan fingerprint density at radius 2 is 2.26 bits per heavy atom. The molecule has 5 heteroatoms. The van der Waals surface area contributed by atoms with E-state index in [0.29, 0.717) is 24.5 Å². The van der Waals surface area contributed by atoms with Gasteiger partial charge in [0.05, 0.1) is 6.61 Å². The smallest absolute Gasteiger partial charge is 0.347 e. The van der Waals surface area contributed by atoms with Crippen LogP contribution in [0.1, 0.15) is 25.8 Å². The number of rotatable bonds is 3. The van der Waals surface area contributed by atoms with Gasteiger partial charge in [-0.25, -0.2) is 4.79 Å². The number of amides is 1.